The number of aryl methyl sites for hydroxylation is 1. The molecule has 5 rings (SSSR count). The van der Waals surface area contributed by atoms with Crippen molar-refractivity contribution >= 4 is 11.3 Å². The average Bonchev–Trinajstić information content (AvgIpc) is 2.63. The monoisotopic (exact) mass is 232 g/mol. The van der Waals surface area contributed by atoms with E-state index in [1.807, 2.05) is 0 Å². The first-order valence-electron chi connectivity index (χ1n) is 6.80. The van der Waals surface area contributed by atoms with Crippen LogP contribution in [0.25, 0.3) is 0 Å². The van der Waals surface area contributed by atoms with Gasteiger partial charge in [0.25, 0.3) is 0 Å². The summed E-state index contributed by atoms with van der Waals surface area (Å²) >= 11 is 2.08. The summed E-state index contributed by atoms with van der Waals surface area (Å²) in [5.74, 6) is 3.23. The van der Waals surface area contributed by atoms with E-state index in [1.165, 1.54) is 24.1 Å². The van der Waals surface area contributed by atoms with Crippen LogP contribution < -0.4 is 0 Å². The molecular formula is C15H20S. The molecule has 4 aliphatic rings. The molecular weight excluding hydrogens is 212 g/mol. The predicted molar refractivity (Wildman–Crippen MR) is 68.9 cm³/mol. The summed E-state index contributed by atoms with van der Waals surface area (Å²) in [7, 11) is 0. The van der Waals surface area contributed by atoms with Crippen molar-refractivity contribution in [3.05, 3.63) is 21.9 Å². The van der Waals surface area contributed by atoms with Crippen LogP contribution in [0, 0.1) is 24.7 Å². The molecule has 86 valence electrons. The summed E-state index contributed by atoms with van der Waals surface area (Å²) in [6.45, 7) is 2.26. The van der Waals surface area contributed by atoms with Gasteiger partial charge in [0.15, 0.2) is 0 Å². The van der Waals surface area contributed by atoms with Gasteiger partial charge in [-0.15, -0.1) is 11.3 Å². The summed E-state index contributed by atoms with van der Waals surface area (Å²) in [6, 6.07) is 4.77. The highest BCUT2D eigenvalue weighted by Gasteiger charge is 2.51. The van der Waals surface area contributed by atoms with Crippen molar-refractivity contribution in [1.29, 1.82) is 0 Å². The molecule has 4 aliphatic carbocycles. The summed E-state index contributed by atoms with van der Waals surface area (Å²) < 4.78 is 0. The Hall–Kier alpha value is -0.300. The van der Waals surface area contributed by atoms with E-state index < -0.39 is 0 Å². The lowest BCUT2D eigenvalue weighted by molar-refractivity contribution is -0.00346. The number of thiophene rings is 1. The van der Waals surface area contributed by atoms with Crippen molar-refractivity contribution < 1.29 is 0 Å². The lowest BCUT2D eigenvalue weighted by Gasteiger charge is -2.56. The second kappa shape index (κ2) is 3.13. The average molecular weight is 232 g/mol. The third-order valence-corrected chi connectivity index (χ3v) is 6.55. The molecule has 0 saturated heterocycles. The highest BCUT2D eigenvalue weighted by Crippen LogP contribution is 2.61. The van der Waals surface area contributed by atoms with Crippen LogP contribution in [0.2, 0.25) is 0 Å². The Morgan fingerprint density at radius 1 is 1.00 bits per heavy atom. The van der Waals surface area contributed by atoms with Gasteiger partial charge in [-0.2, -0.15) is 0 Å². The molecule has 0 spiro atoms. The van der Waals surface area contributed by atoms with Crippen LogP contribution in [-0.4, -0.2) is 0 Å². The Bertz CT molecular complexity index is 380. The van der Waals surface area contributed by atoms with Crippen molar-refractivity contribution in [2.75, 3.05) is 0 Å². The number of hydrogen-bond acceptors (Lipinski definition) is 1. The Morgan fingerprint density at radius 3 is 2.00 bits per heavy atom. The Labute approximate surface area is 102 Å². The predicted octanol–water partition coefficient (Wildman–Crippen LogP) is 4.52. The van der Waals surface area contributed by atoms with Crippen LogP contribution in [0.1, 0.15) is 48.3 Å². The third kappa shape index (κ3) is 1.27. The molecule has 4 bridgehead atoms. The maximum atomic E-state index is 2.44. The van der Waals surface area contributed by atoms with Gasteiger partial charge in [0.05, 0.1) is 0 Å². The van der Waals surface area contributed by atoms with Crippen molar-refractivity contribution in [3.63, 3.8) is 0 Å². The molecule has 1 aromatic rings. The summed E-state index contributed by atoms with van der Waals surface area (Å²) in [5.41, 5.74) is 0.633. The molecule has 0 radical (unpaired) electrons. The zero-order valence-corrected chi connectivity index (χ0v) is 10.9. The van der Waals surface area contributed by atoms with Crippen LogP contribution in [-0.2, 0) is 5.41 Å². The van der Waals surface area contributed by atoms with Gasteiger partial charge in [-0.05, 0) is 75.3 Å². The molecule has 0 amide bonds. The smallest absolute Gasteiger partial charge is 0.0110 e. The lowest BCUT2D eigenvalue weighted by atomic mass is 9.49. The fourth-order valence-electron chi connectivity index (χ4n) is 5.13. The summed E-state index contributed by atoms with van der Waals surface area (Å²) in [6.07, 6.45) is 9.22. The number of rotatable bonds is 1. The standard InChI is InChI=1S/C15H20S/c1-10-2-3-14(16-10)15-7-11-4-12(8-15)6-13(5-11)9-15/h2-3,11-13H,4-9H2,1H3. The van der Waals surface area contributed by atoms with E-state index in [2.05, 4.69) is 30.4 Å². The largest absolute Gasteiger partial charge is 0.145 e. The van der Waals surface area contributed by atoms with Gasteiger partial charge in [-0.3, -0.25) is 0 Å². The van der Waals surface area contributed by atoms with E-state index in [9.17, 15) is 0 Å². The molecule has 0 atom stereocenters. The molecule has 1 aromatic heterocycles. The van der Waals surface area contributed by atoms with Crippen LogP contribution in [0.3, 0.4) is 0 Å². The molecule has 1 heterocycles. The van der Waals surface area contributed by atoms with Gasteiger partial charge >= 0.3 is 0 Å². The van der Waals surface area contributed by atoms with E-state index in [4.69, 9.17) is 0 Å². The Kier molecular flexibility index (Phi) is 1.90. The van der Waals surface area contributed by atoms with E-state index >= 15 is 0 Å². The maximum Gasteiger partial charge on any atom is 0.0110 e. The first-order chi connectivity index (χ1) is 7.73. The SMILES string of the molecule is Cc1ccc(C23CC4CC(CC(C4)C2)C3)s1. The normalized spacial score (nSPS) is 45.2. The summed E-state index contributed by atoms with van der Waals surface area (Å²) in [5, 5.41) is 0. The van der Waals surface area contributed by atoms with E-state index in [1.54, 1.807) is 24.1 Å². The van der Waals surface area contributed by atoms with Gasteiger partial charge in [0.2, 0.25) is 0 Å². The van der Waals surface area contributed by atoms with Crippen molar-refractivity contribution in [2.24, 2.45) is 17.8 Å². The van der Waals surface area contributed by atoms with Crippen molar-refractivity contribution in [2.45, 2.75) is 50.9 Å². The summed E-state index contributed by atoms with van der Waals surface area (Å²) in [4.78, 5) is 3.23. The van der Waals surface area contributed by atoms with Gasteiger partial charge < -0.3 is 0 Å². The quantitative estimate of drug-likeness (QED) is 0.667. The highest BCUT2D eigenvalue weighted by atomic mass is 32.1. The second-order valence-electron chi connectivity index (χ2n) is 6.61. The fourth-order valence-corrected chi connectivity index (χ4v) is 6.22. The topological polar surface area (TPSA) is 0 Å². The first kappa shape index (κ1) is 9.70. The van der Waals surface area contributed by atoms with Crippen LogP contribution in [0.4, 0.5) is 0 Å². The first-order valence-corrected chi connectivity index (χ1v) is 7.62. The fraction of sp³-hybridized carbons (Fsp3) is 0.733. The molecule has 0 N–H and O–H groups in total. The van der Waals surface area contributed by atoms with Crippen LogP contribution in [0.5, 0.6) is 0 Å². The van der Waals surface area contributed by atoms with E-state index in [-0.39, 0.29) is 0 Å². The van der Waals surface area contributed by atoms with Crippen LogP contribution in [0.15, 0.2) is 12.1 Å². The van der Waals surface area contributed by atoms with Gasteiger partial charge in [0.1, 0.15) is 0 Å². The Morgan fingerprint density at radius 2 is 1.56 bits per heavy atom. The van der Waals surface area contributed by atoms with Gasteiger partial charge in [-0.1, -0.05) is 0 Å². The zero-order chi connectivity index (χ0) is 10.8. The maximum absolute atomic E-state index is 2.44. The molecule has 1 heteroatoms. The molecule has 0 nitrogen and oxygen atoms in total. The molecule has 4 saturated carbocycles. The molecule has 0 unspecified atom stereocenters. The molecule has 16 heavy (non-hydrogen) atoms. The zero-order valence-electron chi connectivity index (χ0n) is 10.0. The Balaban J connectivity index is 1.76. The molecule has 0 aliphatic heterocycles. The molecule has 0 aromatic carbocycles. The van der Waals surface area contributed by atoms with Crippen molar-refractivity contribution in [3.8, 4) is 0 Å². The lowest BCUT2D eigenvalue weighted by Crippen LogP contribution is -2.48. The van der Waals surface area contributed by atoms with Gasteiger partial charge in [0, 0.05) is 15.2 Å². The third-order valence-electron chi connectivity index (χ3n) is 5.30. The minimum atomic E-state index is 0.633. The van der Waals surface area contributed by atoms with E-state index in [0.29, 0.717) is 5.41 Å². The minimum absolute atomic E-state index is 0.633. The molecule has 4 fully saturated rings. The van der Waals surface area contributed by atoms with Crippen molar-refractivity contribution in [1.82, 2.24) is 0 Å². The van der Waals surface area contributed by atoms with E-state index in [0.717, 1.165) is 17.8 Å². The minimum Gasteiger partial charge on any atom is -0.145 e. The van der Waals surface area contributed by atoms with Crippen LogP contribution >= 0.6 is 11.3 Å². The highest BCUT2D eigenvalue weighted by molar-refractivity contribution is 7.12. The van der Waals surface area contributed by atoms with Gasteiger partial charge in [-0.25, -0.2) is 0 Å². The number of hydrogen-bond donors (Lipinski definition) is 0. The second-order valence-corrected chi connectivity index (χ2v) is 7.90.